The van der Waals surface area contributed by atoms with Crippen molar-refractivity contribution in [1.82, 2.24) is 5.43 Å². The molecule has 0 bridgehead atoms. The Morgan fingerprint density at radius 2 is 1.71 bits per heavy atom. The van der Waals surface area contributed by atoms with E-state index in [0.717, 1.165) is 17.8 Å². The maximum atomic E-state index is 13.4. The van der Waals surface area contributed by atoms with Gasteiger partial charge in [-0.3, -0.25) is 0 Å². The Morgan fingerprint density at radius 3 is 2.33 bits per heavy atom. The van der Waals surface area contributed by atoms with Crippen molar-refractivity contribution in [2.75, 3.05) is 5.43 Å². The highest BCUT2D eigenvalue weighted by Crippen LogP contribution is 2.36. The molecule has 0 fully saturated rings. The Bertz CT molecular complexity index is 614. The van der Waals surface area contributed by atoms with Crippen LogP contribution in [0.4, 0.5) is 23.2 Å². The lowest BCUT2D eigenvalue weighted by atomic mass is 10.1. The van der Waals surface area contributed by atoms with E-state index in [1.165, 1.54) is 0 Å². The van der Waals surface area contributed by atoms with E-state index in [2.05, 4.69) is 10.9 Å². The predicted octanol–water partition coefficient (Wildman–Crippen LogP) is 4.61. The van der Waals surface area contributed by atoms with Crippen molar-refractivity contribution in [1.29, 1.82) is 0 Å². The van der Waals surface area contributed by atoms with Crippen molar-refractivity contribution in [2.45, 2.75) is 12.7 Å². The van der Waals surface area contributed by atoms with Crippen LogP contribution < -0.4 is 10.9 Å². The van der Waals surface area contributed by atoms with Crippen LogP contribution in [0.15, 0.2) is 42.5 Å². The molecular formula is C14H11ClF4N2. The molecule has 0 saturated carbocycles. The molecule has 0 aliphatic rings. The minimum absolute atomic E-state index is 0.00602. The van der Waals surface area contributed by atoms with E-state index < -0.39 is 22.6 Å². The van der Waals surface area contributed by atoms with Crippen molar-refractivity contribution < 1.29 is 17.6 Å². The van der Waals surface area contributed by atoms with Crippen LogP contribution >= 0.6 is 11.6 Å². The Kier molecular flexibility index (Phi) is 4.69. The highest BCUT2D eigenvalue weighted by molar-refractivity contribution is 6.31. The monoisotopic (exact) mass is 318 g/mol. The number of halogens is 5. The first-order valence-electron chi connectivity index (χ1n) is 5.97. The molecule has 0 unspecified atom stereocenters. The zero-order valence-electron chi connectivity index (χ0n) is 10.6. The maximum Gasteiger partial charge on any atom is 0.417 e. The Morgan fingerprint density at radius 1 is 1.05 bits per heavy atom. The summed E-state index contributed by atoms with van der Waals surface area (Å²) >= 11 is 5.35. The minimum Gasteiger partial charge on any atom is -0.321 e. The van der Waals surface area contributed by atoms with Gasteiger partial charge in [-0.25, -0.2) is 9.82 Å². The summed E-state index contributed by atoms with van der Waals surface area (Å²) in [5.41, 5.74) is 5.21. The lowest BCUT2D eigenvalue weighted by Crippen LogP contribution is -2.21. The van der Waals surface area contributed by atoms with E-state index in [1.807, 2.05) is 6.07 Å². The zero-order chi connectivity index (χ0) is 15.5. The average molecular weight is 319 g/mol. The van der Waals surface area contributed by atoms with Crippen LogP contribution in [0.25, 0.3) is 0 Å². The molecule has 7 heteroatoms. The predicted molar refractivity (Wildman–Crippen MR) is 73.3 cm³/mol. The molecule has 0 radical (unpaired) electrons. The summed E-state index contributed by atoms with van der Waals surface area (Å²) in [5, 5.41) is -0.915. The first-order valence-corrected chi connectivity index (χ1v) is 6.35. The second kappa shape index (κ2) is 6.32. The number of alkyl halides is 3. The van der Waals surface area contributed by atoms with E-state index in [0.29, 0.717) is 0 Å². The van der Waals surface area contributed by atoms with Gasteiger partial charge in [0.2, 0.25) is 0 Å². The molecule has 0 aromatic heterocycles. The molecule has 2 aromatic rings. The first-order chi connectivity index (χ1) is 9.88. The van der Waals surface area contributed by atoms with Gasteiger partial charge in [-0.05, 0) is 29.8 Å². The van der Waals surface area contributed by atoms with Crippen LogP contribution in [-0.4, -0.2) is 0 Å². The van der Waals surface area contributed by atoms with Gasteiger partial charge in [-0.1, -0.05) is 29.8 Å². The summed E-state index contributed by atoms with van der Waals surface area (Å²) in [6, 6.07) is 10.8. The molecule has 112 valence electrons. The van der Waals surface area contributed by atoms with Crippen molar-refractivity contribution in [3.63, 3.8) is 0 Å². The Labute approximate surface area is 123 Å². The van der Waals surface area contributed by atoms with E-state index in [9.17, 15) is 17.6 Å². The summed E-state index contributed by atoms with van der Waals surface area (Å²) in [5.74, 6) is -1.09. The smallest absolute Gasteiger partial charge is 0.321 e. The normalized spacial score (nSPS) is 11.5. The van der Waals surface area contributed by atoms with E-state index in [1.54, 1.807) is 24.3 Å². The molecule has 0 amide bonds. The summed E-state index contributed by atoms with van der Waals surface area (Å²) < 4.78 is 51.6. The van der Waals surface area contributed by atoms with Crippen molar-refractivity contribution in [3.05, 3.63) is 64.4 Å². The van der Waals surface area contributed by atoms with Crippen LogP contribution in [0, 0.1) is 5.82 Å². The average Bonchev–Trinajstić information content (AvgIpc) is 2.42. The van der Waals surface area contributed by atoms with Gasteiger partial charge in [-0.2, -0.15) is 13.2 Å². The molecule has 2 N–H and O–H groups in total. The summed E-state index contributed by atoms with van der Waals surface area (Å²) in [4.78, 5) is 0. The fourth-order valence-electron chi connectivity index (χ4n) is 1.72. The minimum atomic E-state index is -4.69. The van der Waals surface area contributed by atoms with Gasteiger partial charge in [-0.15, -0.1) is 0 Å². The topological polar surface area (TPSA) is 24.1 Å². The third kappa shape index (κ3) is 4.09. The van der Waals surface area contributed by atoms with Gasteiger partial charge in [0, 0.05) is 12.2 Å². The fraction of sp³-hybridized carbons (Fsp3) is 0.143. The van der Waals surface area contributed by atoms with E-state index >= 15 is 0 Å². The lowest BCUT2D eigenvalue weighted by Gasteiger charge is -2.13. The number of para-hydroxylation sites is 1. The summed E-state index contributed by atoms with van der Waals surface area (Å²) in [7, 11) is 0. The summed E-state index contributed by atoms with van der Waals surface area (Å²) in [6.45, 7) is 0.00602. The van der Waals surface area contributed by atoms with Crippen LogP contribution in [0.5, 0.6) is 0 Å². The Balaban J connectivity index is 2.09. The molecular weight excluding hydrogens is 308 g/mol. The molecule has 0 heterocycles. The van der Waals surface area contributed by atoms with Crippen molar-refractivity contribution >= 4 is 17.3 Å². The number of rotatable bonds is 4. The molecule has 2 aromatic carbocycles. The van der Waals surface area contributed by atoms with E-state index in [-0.39, 0.29) is 12.1 Å². The fourth-order valence-corrected chi connectivity index (χ4v) is 1.94. The number of nitrogens with one attached hydrogen (secondary N) is 2. The summed E-state index contributed by atoms with van der Waals surface area (Å²) in [6.07, 6.45) is -4.69. The van der Waals surface area contributed by atoms with E-state index in [4.69, 9.17) is 11.6 Å². The van der Waals surface area contributed by atoms with Gasteiger partial charge >= 0.3 is 6.18 Å². The molecule has 2 nitrogen and oxygen atoms in total. The molecule has 0 aliphatic heterocycles. The highest BCUT2D eigenvalue weighted by Gasteiger charge is 2.34. The molecule has 21 heavy (non-hydrogen) atoms. The van der Waals surface area contributed by atoms with Gasteiger partial charge in [0.1, 0.15) is 5.82 Å². The van der Waals surface area contributed by atoms with Crippen LogP contribution in [0.3, 0.4) is 0 Å². The standard InChI is InChI=1S/C14H11ClF4N2/c15-13-11(14(17,18)19)6-9(7-12(13)16)8-20-21-10-4-2-1-3-5-10/h1-7,20-21H,8H2. The Hall–Kier alpha value is -1.79. The van der Waals surface area contributed by atoms with Gasteiger partial charge in [0.05, 0.1) is 10.6 Å². The third-order valence-corrected chi connectivity index (χ3v) is 3.08. The SMILES string of the molecule is Fc1cc(CNNc2ccccc2)cc(C(F)(F)F)c1Cl. The first kappa shape index (κ1) is 15.6. The second-order valence-corrected chi connectivity index (χ2v) is 4.66. The lowest BCUT2D eigenvalue weighted by molar-refractivity contribution is -0.137. The van der Waals surface area contributed by atoms with Gasteiger partial charge < -0.3 is 5.43 Å². The van der Waals surface area contributed by atoms with Crippen molar-refractivity contribution in [2.24, 2.45) is 0 Å². The number of hydrogen-bond donors (Lipinski definition) is 2. The number of benzene rings is 2. The zero-order valence-corrected chi connectivity index (χ0v) is 11.4. The van der Waals surface area contributed by atoms with Gasteiger partial charge in [0.15, 0.2) is 0 Å². The van der Waals surface area contributed by atoms with Gasteiger partial charge in [0.25, 0.3) is 0 Å². The molecule has 0 aliphatic carbocycles. The van der Waals surface area contributed by atoms with Crippen LogP contribution in [0.2, 0.25) is 5.02 Å². The quantitative estimate of drug-likeness (QED) is 0.635. The van der Waals surface area contributed by atoms with Crippen LogP contribution in [-0.2, 0) is 12.7 Å². The maximum absolute atomic E-state index is 13.4. The third-order valence-electron chi connectivity index (χ3n) is 2.69. The second-order valence-electron chi connectivity index (χ2n) is 4.28. The number of hydrogen-bond acceptors (Lipinski definition) is 2. The molecule has 0 atom stereocenters. The molecule has 2 rings (SSSR count). The largest absolute Gasteiger partial charge is 0.417 e. The number of anilines is 1. The molecule has 0 saturated heterocycles. The molecule has 0 spiro atoms. The highest BCUT2D eigenvalue weighted by atomic mass is 35.5. The van der Waals surface area contributed by atoms with Crippen molar-refractivity contribution in [3.8, 4) is 0 Å². The van der Waals surface area contributed by atoms with Crippen LogP contribution in [0.1, 0.15) is 11.1 Å². The number of hydrazine groups is 1.